The van der Waals surface area contributed by atoms with E-state index in [1.165, 1.54) is 4.88 Å². The van der Waals surface area contributed by atoms with Crippen molar-refractivity contribution in [2.75, 3.05) is 0 Å². The number of nitrogens with zero attached hydrogens (tertiary/aromatic N) is 2. The highest BCUT2D eigenvalue weighted by Gasteiger charge is 2.19. The summed E-state index contributed by atoms with van der Waals surface area (Å²) in [6, 6.07) is -0.0321. The van der Waals surface area contributed by atoms with Crippen LogP contribution in [-0.4, -0.2) is 16.0 Å². The molecule has 1 atom stereocenters. The highest BCUT2D eigenvalue weighted by molar-refractivity contribution is 7.11. The average Bonchev–Trinajstić information content (AvgIpc) is 2.93. The summed E-state index contributed by atoms with van der Waals surface area (Å²) in [4.78, 5) is 18.0. The number of thiazole rings is 1. The van der Waals surface area contributed by atoms with Crippen molar-refractivity contribution in [3.8, 4) is 0 Å². The molecule has 0 aromatic carbocycles. The molecule has 2 rings (SSSR count). The molecule has 0 unspecified atom stereocenters. The van der Waals surface area contributed by atoms with E-state index in [0.717, 1.165) is 28.4 Å². The van der Waals surface area contributed by atoms with Crippen LogP contribution < -0.4 is 5.32 Å². The molecule has 0 spiro atoms. The fraction of sp³-hybridized carbons (Fsp3) is 0.533. The smallest absolute Gasteiger partial charge is 0.225 e. The topological polar surface area (TPSA) is 68.0 Å². The van der Waals surface area contributed by atoms with Crippen LogP contribution in [0, 0.1) is 27.7 Å². The van der Waals surface area contributed by atoms with E-state index in [9.17, 15) is 4.79 Å². The molecule has 0 aliphatic carbocycles. The maximum absolute atomic E-state index is 12.2. The number of hydrogen-bond donors (Lipinski definition) is 1. The van der Waals surface area contributed by atoms with Crippen molar-refractivity contribution in [3.05, 3.63) is 32.6 Å². The summed E-state index contributed by atoms with van der Waals surface area (Å²) in [6.07, 6.45) is 1.11. The summed E-state index contributed by atoms with van der Waals surface area (Å²) in [5, 5.41) is 7.90. The van der Waals surface area contributed by atoms with Gasteiger partial charge in [-0.15, -0.1) is 11.3 Å². The first-order valence-corrected chi connectivity index (χ1v) is 7.89. The van der Waals surface area contributed by atoms with Gasteiger partial charge in [-0.1, -0.05) is 12.1 Å². The molecule has 114 valence electrons. The standard InChI is InChI=1S/C15H21N3O2S/c1-6-13(15-16-8(2)11(5)21-15)17-14(19)7-12-9(3)18-20-10(12)4/h13H,6-7H2,1-5H3,(H,17,19)/t13-/m1/s1. The zero-order chi connectivity index (χ0) is 15.6. The summed E-state index contributed by atoms with van der Waals surface area (Å²) in [6.45, 7) is 9.77. The summed E-state index contributed by atoms with van der Waals surface area (Å²) < 4.78 is 5.09. The van der Waals surface area contributed by atoms with Crippen LogP contribution in [0.3, 0.4) is 0 Å². The third kappa shape index (κ3) is 3.50. The van der Waals surface area contributed by atoms with Crippen molar-refractivity contribution >= 4 is 17.2 Å². The quantitative estimate of drug-likeness (QED) is 0.921. The molecule has 0 aliphatic heterocycles. The van der Waals surface area contributed by atoms with E-state index in [4.69, 9.17) is 4.52 Å². The molecule has 6 heteroatoms. The SMILES string of the molecule is CC[C@@H](NC(=O)Cc1c(C)noc1C)c1nc(C)c(C)s1. The Hall–Kier alpha value is -1.69. The van der Waals surface area contributed by atoms with Gasteiger partial charge in [0.2, 0.25) is 5.91 Å². The largest absolute Gasteiger partial charge is 0.361 e. The van der Waals surface area contributed by atoms with Crippen molar-refractivity contribution in [2.45, 2.75) is 53.5 Å². The van der Waals surface area contributed by atoms with Crippen LogP contribution in [0.1, 0.15) is 52.0 Å². The van der Waals surface area contributed by atoms with Gasteiger partial charge in [-0.25, -0.2) is 4.98 Å². The number of carbonyl (C=O) groups is 1. The summed E-state index contributed by atoms with van der Waals surface area (Å²) in [5.74, 6) is 0.679. The number of rotatable bonds is 5. The predicted molar refractivity (Wildman–Crippen MR) is 82.4 cm³/mol. The minimum Gasteiger partial charge on any atom is -0.361 e. The third-order valence-electron chi connectivity index (χ3n) is 3.61. The van der Waals surface area contributed by atoms with Gasteiger partial charge in [0.1, 0.15) is 10.8 Å². The van der Waals surface area contributed by atoms with Crippen LogP contribution >= 0.6 is 11.3 Å². The number of nitrogens with one attached hydrogen (secondary N) is 1. The number of aromatic nitrogens is 2. The zero-order valence-electron chi connectivity index (χ0n) is 13.1. The molecular formula is C15H21N3O2S. The monoisotopic (exact) mass is 307 g/mol. The molecule has 2 aromatic rings. The minimum atomic E-state index is -0.0321. The third-order valence-corrected chi connectivity index (χ3v) is 4.79. The Labute approximate surface area is 128 Å². The van der Waals surface area contributed by atoms with E-state index < -0.39 is 0 Å². The molecule has 0 bridgehead atoms. The Kier molecular flexibility index (Phi) is 4.77. The molecule has 0 saturated heterocycles. The van der Waals surface area contributed by atoms with Gasteiger partial charge in [0, 0.05) is 10.4 Å². The first-order chi connectivity index (χ1) is 9.92. The van der Waals surface area contributed by atoms with E-state index in [0.29, 0.717) is 12.2 Å². The maximum Gasteiger partial charge on any atom is 0.225 e. The van der Waals surface area contributed by atoms with E-state index >= 15 is 0 Å². The Balaban J connectivity index is 2.06. The number of carbonyl (C=O) groups excluding carboxylic acids is 1. The van der Waals surface area contributed by atoms with E-state index in [1.807, 2.05) is 27.7 Å². The van der Waals surface area contributed by atoms with Crippen LogP contribution in [0.5, 0.6) is 0 Å². The molecule has 1 N–H and O–H groups in total. The highest BCUT2D eigenvalue weighted by atomic mass is 32.1. The van der Waals surface area contributed by atoms with E-state index in [2.05, 4.69) is 22.4 Å². The number of hydrogen-bond acceptors (Lipinski definition) is 5. The van der Waals surface area contributed by atoms with Crippen LogP contribution in [0.4, 0.5) is 0 Å². The van der Waals surface area contributed by atoms with Gasteiger partial charge in [-0.05, 0) is 34.1 Å². The highest BCUT2D eigenvalue weighted by Crippen LogP contribution is 2.25. The lowest BCUT2D eigenvalue weighted by molar-refractivity contribution is -0.121. The molecule has 5 nitrogen and oxygen atoms in total. The lowest BCUT2D eigenvalue weighted by atomic mass is 10.1. The normalized spacial score (nSPS) is 12.4. The van der Waals surface area contributed by atoms with Crippen molar-refractivity contribution in [2.24, 2.45) is 0 Å². The van der Waals surface area contributed by atoms with Crippen LogP contribution in [-0.2, 0) is 11.2 Å². The van der Waals surface area contributed by atoms with Crippen LogP contribution in [0.25, 0.3) is 0 Å². The molecule has 0 saturated carbocycles. The van der Waals surface area contributed by atoms with Crippen molar-refractivity contribution in [1.29, 1.82) is 0 Å². The van der Waals surface area contributed by atoms with Crippen molar-refractivity contribution in [3.63, 3.8) is 0 Å². The van der Waals surface area contributed by atoms with Gasteiger partial charge in [-0.3, -0.25) is 4.79 Å². The van der Waals surface area contributed by atoms with Gasteiger partial charge in [0.15, 0.2) is 0 Å². The van der Waals surface area contributed by atoms with Crippen molar-refractivity contribution < 1.29 is 9.32 Å². The first-order valence-electron chi connectivity index (χ1n) is 7.07. The van der Waals surface area contributed by atoms with E-state index in [-0.39, 0.29) is 11.9 Å². The fourth-order valence-corrected chi connectivity index (χ4v) is 3.20. The maximum atomic E-state index is 12.2. The molecule has 1 amide bonds. The van der Waals surface area contributed by atoms with Gasteiger partial charge in [0.05, 0.1) is 23.9 Å². The lowest BCUT2D eigenvalue weighted by Crippen LogP contribution is -2.29. The van der Waals surface area contributed by atoms with Crippen molar-refractivity contribution in [1.82, 2.24) is 15.5 Å². The Morgan fingerprint density at radius 3 is 2.48 bits per heavy atom. The first kappa shape index (κ1) is 15.7. The van der Waals surface area contributed by atoms with Gasteiger partial charge < -0.3 is 9.84 Å². The Morgan fingerprint density at radius 2 is 2.00 bits per heavy atom. The van der Waals surface area contributed by atoms with Crippen LogP contribution in [0.2, 0.25) is 0 Å². The Bertz CT molecular complexity index is 606. The summed E-state index contributed by atoms with van der Waals surface area (Å²) in [7, 11) is 0. The molecule has 2 heterocycles. The molecule has 21 heavy (non-hydrogen) atoms. The second-order valence-electron chi connectivity index (χ2n) is 5.20. The molecule has 0 fully saturated rings. The number of amides is 1. The van der Waals surface area contributed by atoms with Gasteiger partial charge in [0.25, 0.3) is 0 Å². The summed E-state index contributed by atoms with van der Waals surface area (Å²) in [5.41, 5.74) is 2.68. The van der Waals surface area contributed by atoms with Gasteiger partial charge >= 0.3 is 0 Å². The molecule has 2 aromatic heterocycles. The lowest BCUT2D eigenvalue weighted by Gasteiger charge is -2.14. The predicted octanol–water partition coefficient (Wildman–Crippen LogP) is 3.17. The van der Waals surface area contributed by atoms with Gasteiger partial charge in [-0.2, -0.15) is 0 Å². The minimum absolute atomic E-state index is 0.0262. The summed E-state index contributed by atoms with van der Waals surface area (Å²) >= 11 is 1.65. The number of aryl methyl sites for hydroxylation is 4. The molecule has 0 radical (unpaired) electrons. The molecule has 0 aliphatic rings. The Morgan fingerprint density at radius 1 is 1.29 bits per heavy atom. The second-order valence-corrected chi connectivity index (χ2v) is 6.44. The fourth-order valence-electron chi connectivity index (χ4n) is 2.15. The second kappa shape index (κ2) is 6.39. The molecular weight excluding hydrogens is 286 g/mol. The van der Waals surface area contributed by atoms with Crippen LogP contribution in [0.15, 0.2) is 4.52 Å². The zero-order valence-corrected chi connectivity index (χ0v) is 13.9. The van der Waals surface area contributed by atoms with E-state index in [1.54, 1.807) is 11.3 Å². The average molecular weight is 307 g/mol.